The Labute approximate surface area is 153 Å². The number of aromatic nitrogens is 2. The molecule has 27 heavy (non-hydrogen) atoms. The lowest BCUT2D eigenvalue weighted by Crippen LogP contribution is -2.62. The first-order valence-corrected chi connectivity index (χ1v) is 9.25. The van der Waals surface area contributed by atoms with E-state index in [1.165, 1.54) is 4.90 Å². The molecule has 1 aromatic rings. The molecule has 0 aliphatic carbocycles. The smallest absolute Gasteiger partial charge is 0.444 e. The molecule has 1 aliphatic rings. The summed E-state index contributed by atoms with van der Waals surface area (Å²) >= 11 is 0. The maximum Gasteiger partial charge on any atom is 0.534 e. The topological polar surface area (TPSA) is 122 Å². The summed E-state index contributed by atoms with van der Waals surface area (Å²) in [4.78, 5) is 13.4. The van der Waals surface area contributed by atoms with Crippen molar-refractivity contribution in [2.45, 2.75) is 43.7 Å². The molecule has 1 fully saturated rings. The number of hydrogen-bond donors (Lipinski definition) is 2. The highest BCUT2D eigenvalue weighted by atomic mass is 32.2. The summed E-state index contributed by atoms with van der Waals surface area (Å²) in [6.07, 6.45) is -0.411. The zero-order chi connectivity index (χ0) is 20.7. The first-order valence-electron chi connectivity index (χ1n) is 7.85. The van der Waals surface area contributed by atoms with E-state index in [1.807, 2.05) is 0 Å². The zero-order valence-electron chi connectivity index (χ0n) is 14.8. The van der Waals surface area contributed by atoms with Crippen LogP contribution in [-0.4, -0.2) is 65.5 Å². The molecule has 0 aromatic carbocycles. The van der Waals surface area contributed by atoms with Crippen molar-refractivity contribution in [1.29, 1.82) is 0 Å². The van der Waals surface area contributed by atoms with Crippen molar-refractivity contribution in [3.8, 4) is 5.88 Å². The predicted octanol–water partition coefficient (Wildman–Crippen LogP) is 1.51. The van der Waals surface area contributed by atoms with Crippen LogP contribution in [0.1, 0.15) is 32.9 Å². The third-order valence-electron chi connectivity index (χ3n) is 3.83. The number of carbonyl (C=O) groups is 1. The van der Waals surface area contributed by atoms with E-state index in [-0.39, 0.29) is 31.8 Å². The van der Waals surface area contributed by atoms with Crippen molar-refractivity contribution in [2.75, 3.05) is 19.7 Å². The first-order chi connectivity index (χ1) is 12.2. The maximum atomic E-state index is 12.4. The molecule has 2 N–H and O–H groups in total. The van der Waals surface area contributed by atoms with Gasteiger partial charge in [0.15, 0.2) is 0 Å². The third kappa shape index (κ3) is 4.64. The van der Waals surface area contributed by atoms with Crippen molar-refractivity contribution in [2.24, 2.45) is 0 Å². The number of H-pyrrole nitrogens is 1. The van der Waals surface area contributed by atoms with Crippen LogP contribution in [0.5, 0.6) is 5.88 Å². The summed E-state index contributed by atoms with van der Waals surface area (Å²) in [5, 5.41) is 15.1. The Morgan fingerprint density at radius 1 is 1.37 bits per heavy atom. The van der Waals surface area contributed by atoms with Crippen LogP contribution >= 0.6 is 0 Å². The normalized spacial score (nSPS) is 17.4. The molecule has 0 unspecified atom stereocenters. The molecule has 13 heteroatoms. The van der Waals surface area contributed by atoms with Crippen molar-refractivity contribution in [3.63, 3.8) is 0 Å². The molecule has 2 rings (SSSR count). The van der Waals surface area contributed by atoms with Crippen LogP contribution < -0.4 is 4.18 Å². The molecule has 1 aromatic heterocycles. The average Bonchev–Trinajstić information content (AvgIpc) is 2.86. The number of aromatic amines is 1. The number of hydrogen-bond acceptors (Lipinski definition) is 7. The number of ether oxygens (including phenoxy) is 1. The van der Waals surface area contributed by atoms with Crippen molar-refractivity contribution >= 4 is 16.2 Å². The molecule has 0 bridgehead atoms. The van der Waals surface area contributed by atoms with Gasteiger partial charge in [0.1, 0.15) is 5.60 Å². The number of aliphatic hydroxyl groups is 1. The molecule has 1 amide bonds. The van der Waals surface area contributed by atoms with Crippen LogP contribution in [0.3, 0.4) is 0 Å². The van der Waals surface area contributed by atoms with Crippen molar-refractivity contribution in [3.05, 3.63) is 11.8 Å². The molecular weight excluding hydrogens is 395 g/mol. The van der Waals surface area contributed by atoms with Gasteiger partial charge in [0.25, 0.3) is 5.88 Å². The van der Waals surface area contributed by atoms with E-state index in [2.05, 4.69) is 14.4 Å². The van der Waals surface area contributed by atoms with E-state index in [0.29, 0.717) is 0 Å². The molecule has 0 saturated carbocycles. The van der Waals surface area contributed by atoms with Crippen LogP contribution in [0.4, 0.5) is 18.0 Å². The monoisotopic (exact) mass is 415 g/mol. The highest BCUT2D eigenvalue weighted by Gasteiger charge is 2.51. The number of nitrogens with one attached hydrogen (secondary N) is 1. The van der Waals surface area contributed by atoms with Gasteiger partial charge in [-0.2, -0.15) is 21.6 Å². The highest BCUT2D eigenvalue weighted by Crippen LogP contribution is 2.39. The number of rotatable bonds is 5. The standard InChI is InChI=1S/C14H20F3N3O6S/c1-12(2,3)25-11(22)20-7-13(8-20,4-5-21)9-6-10(19-18-9)26-27(23,24)14(15,16)17/h6,21H,4-5,7-8H2,1-3H3,(H,18,19). The fourth-order valence-corrected chi connectivity index (χ4v) is 3.00. The summed E-state index contributed by atoms with van der Waals surface area (Å²) in [6, 6.07) is 1.01. The van der Waals surface area contributed by atoms with Gasteiger partial charge < -0.3 is 18.9 Å². The van der Waals surface area contributed by atoms with Gasteiger partial charge in [-0.1, -0.05) is 0 Å². The van der Waals surface area contributed by atoms with E-state index < -0.39 is 38.6 Å². The highest BCUT2D eigenvalue weighted by molar-refractivity contribution is 7.87. The Kier molecular flexibility index (Phi) is 5.40. The van der Waals surface area contributed by atoms with Gasteiger partial charge in [-0.3, -0.25) is 5.10 Å². The Morgan fingerprint density at radius 3 is 2.44 bits per heavy atom. The van der Waals surface area contributed by atoms with E-state index in [9.17, 15) is 31.5 Å². The fraction of sp³-hybridized carbons (Fsp3) is 0.714. The molecule has 154 valence electrons. The van der Waals surface area contributed by atoms with Gasteiger partial charge in [-0.05, 0) is 27.2 Å². The quantitative estimate of drug-likeness (QED) is 0.552. The summed E-state index contributed by atoms with van der Waals surface area (Å²) in [5.74, 6) is -0.782. The minimum atomic E-state index is -5.84. The fourth-order valence-electron chi connectivity index (χ4n) is 2.59. The van der Waals surface area contributed by atoms with Gasteiger partial charge in [0, 0.05) is 36.9 Å². The van der Waals surface area contributed by atoms with Gasteiger partial charge in [0.2, 0.25) is 0 Å². The summed E-state index contributed by atoms with van der Waals surface area (Å²) in [6.45, 7) is 5.05. The number of likely N-dealkylation sites (tertiary alicyclic amines) is 1. The number of halogens is 3. The molecule has 2 heterocycles. The molecule has 0 spiro atoms. The number of nitrogens with zero attached hydrogens (tertiary/aromatic N) is 2. The van der Waals surface area contributed by atoms with Gasteiger partial charge in [-0.15, -0.1) is 5.10 Å². The molecule has 0 radical (unpaired) electrons. The van der Waals surface area contributed by atoms with Crippen LogP contribution in [0.15, 0.2) is 6.07 Å². The molecular formula is C14H20F3N3O6S. The SMILES string of the molecule is CC(C)(C)OC(=O)N1CC(CCO)(c2cc(OS(=O)(=O)C(F)(F)F)n[nH]2)C1. The van der Waals surface area contributed by atoms with E-state index >= 15 is 0 Å². The van der Waals surface area contributed by atoms with Gasteiger partial charge >= 0.3 is 21.7 Å². The van der Waals surface area contributed by atoms with Crippen LogP contribution in [0.2, 0.25) is 0 Å². The van der Waals surface area contributed by atoms with Crippen LogP contribution in [-0.2, 0) is 20.3 Å². The van der Waals surface area contributed by atoms with Crippen LogP contribution in [0.25, 0.3) is 0 Å². The maximum absolute atomic E-state index is 12.4. The Morgan fingerprint density at radius 2 is 1.96 bits per heavy atom. The first kappa shape index (κ1) is 21.3. The Bertz CT molecular complexity index is 794. The minimum absolute atomic E-state index is 0.107. The second-order valence-electron chi connectivity index (χ2n) is 7.19. The lowest BCUT2D eigenvalue weighted by atomic mass is 9.74. The third-order valence-corrected chi connectivity index (χ3v) is 4.79. The lowest BCUT2D eigenvalue weighted by molar-refractivity contribution is -0.0501. The molecule has 1 saturated heterocycles. The van der Waals surface area contributed by atoms with Crippen molar-refractivity contribution < 1.29 is 40.4 Å². The van der Waals surface area contributed by atoms with Gasteiger partial charge in [-0.25, -0.2) is 4.79 Å². The van der Waals surface area contributed by atoms with Crippen LogP contribution in [0, 0.1) is 0 Å². The zero-order valence-corrected chi connectivity index (χ0v) is 15.6. The number of alkyl halides is 3. The Hall–Kier alpha value is -2.02. The van der Waals surface area contributed by atoms with Gasteiger partial charge in [0.05, 0.1) is 0 Å². The van der Waals surface area contributed by atoms with E-state index in [4.69, 9.17) is 4.74 Å². The lowest BCUT2D eigenvalue weighted by Gasteiger charge is -2.49. The van der Waals surface area contributed by atoms with E-state index in [0.717, 1.165) is 6.07 Å². The number of carbonyl (C=O) groups excluding carboxylic acids is 1. The minimum Gasteiger partial charge on any atom is -0.444 e. The number of amides is 1. The molecule has 0 atom stereocenters. The summed E-state index contributed by atoms with van der Waals surface area (Å²) in [7, 11) is -5.84. The van der Waals surface area contributed by atoms with E-state index in [1.54, 1.807) is 20.8 Å². The largest absolute Gasteiger partial charge is 0.534 e. The molecule has 9 nitrogen and oxygen atoms in total. The number of aliphatic hydroxyl groups excluding tert-OH is 1. The summed E-state index contributed by atoms with van der Waals surface area (Å²) < 4.78 is 68.5. The average molecular weight is 415 g/mol. The van der Waals surface area contributed by atoms with Crippen molar-refractivity contribution in [1.82, 2.24) is 15.1 Å². The molecule has 1 aliphatic heterocycles. The Balaban J connectivity index is 2.14. The predicted molar refractivity (Wildman–Crippen MR) is 85.4 cm³/mol. The second-order valence-corrected chi connectivity index (χ2v) is 8.73. The second kappa shape index (κ2) is 6.86. The summed E-state index contributed by atoms with van der Waals surface area (Å²) in [5.41, 5.74) is -6.88.